The minimum atomic E-state index is -3.68. The van der Waals surface area contributed by atoms with Crippen LogP contribution in [0.3, 0.4) is 0 Å². The molecule has 1 N–H and O–H groups in total. The van der Waals surface area contributed by atoms with Gasteiger partial charge in [0.15, 0.2) is 0 Å². The average Bonchev–Trinajstić information content (AvgIpc) is 2.72. The summed E-state index contributed by atoms with van der Waals surface area (Å²) in [5.74, 6) is -1.21. The highest BCUT2D eigenvalue weighted by molar-refractivity contribution is 7.92. The topological polar surface area (TPSA) is 66.5 Å². The Morgan fingerprint density at radius 1 is 0.933 bits per heavy atom. The van der Waals surface area contributed by atoms with Crippen LogP contribution in [0.1, 0.15) is 21.5 Å². The highest BCUT2D eigenvalue weighted by atomic mass is 32.2. The molecule has 0 aliphatic heterocycles. The van der Waals surface area contributed by atoms with Gasteiger partial charge in [0.25, 0.3) is 5.91 Å². The van der Waals surface area contributed by atoms with Gasteiger partial charge >= 0.3 is 0 Å². The Labute approximate surface area is 174 Å². The van der Waals surface area contributed by atoms with Crippen LogP contribution < -0.4 is 9.62 Å². The van der Waals surface area contributed by atoms with E-state index in [1.807, 2.05) is 0 Å². The second kappa shape index (κ2) is 9.04. The van der Waals surface area contributed by atoms with Crippen LogP contribution in [0.4, 0.5) is 14.5 Å². The van der Waals surface area contributed by atoms with Crippen molar-refractivity contribution in [1.82, 2.24) is 5.32 Å². The summed E-state index contributed by atoms with van der Waals surface area (Å²) in [6.07, 6.45) is 1.04. The van der Waals surface area contributed by atoms with Crippen molar-refractivity contribution in [2.45, 2.75) is 13.1 Å². The van der Waals surface area contributed by atoms with E-state index in [0.29, 0.717) is 11.3 Å². The summed E-state index contributed by atoms with van der Waals surface area (Å²) < 4.78 is 52.5. The van der Waals surface area contributed by atoms with Crippen LogP contribution in [0.15, 0.2) is 72.8 Å². The number of hydrogen-bond donors (Lipinski definition) is 1. The van der Waals surface area contributed by atoms with Crippen molar-refractivity contribution in [3.8, 4) is 0 Å². The first-order valence-electron chi connectivity index (χ1n) is 9.08. The molecule has 0 fully saturated rings. The summed E-state index contributed by atoms with van der Waals surface area (Å²) in [5.41, 5.74) is 1.63. The van der Waals surface area contributed by atoms with E-state index in [1.165, 1.54) is 54.6 Å². The van der Waals surface area contributed by atoms with Gasteiger partial charge in [0.2, 0.25) is 10.0 Å². The highest BCUT2D eigenvalue weighted by Crippen LogP contribution is 2.22. The van der Waals surface area contributed by atoms with E-state index in [-0.39, 0.29) is 30.4 Å². The summed E-state index contributed by atoms with van der Waals surface area (Å²) in [6.45, 7) is 0.0607. The van der Waals surface area contributed by atoms with Gasteiger partial charge in [-0.3, -0.25) is 9.10 Å². The van der Waals surface area contributed by atoms with Gasteiger partial charge in [-0.15, -0.1) is 0 Å². The molecule has 0 heterocycles. The first kappa shape index (κ1) is 21.4. The average molecular weight is 430 g/mol. The zero-order valence-corrected chi connectivity index (χ0v) is 17.0. The van der Waals surface area contributed by atoms with E-state index in [9.17, 15) is 22.0 Å². The molecule has 0 aliphatic carbocycles. The second-order valence-corrected chi connectivity index (χ2v) is 8.62. The lowest BCUT2D eigenvalue weighted by molar-refractivity contribution is 0.0951. The molecule has 0 radical (unpaired) electrons. The maximum Gasteiger partial charge on any atom is 0.251 e. The number of halogens is 2. The fraction of sp³-hybridized carbons (Fsp3) is 0.136. The number of nitrogens with one attached hydrogen (secondary N) is 1. The van der Waals surface area contributed by atoms with Gasteiger partial charge in [-0.2, -0.15) is 0 Å². The van der Waals surface area contributed by atoms with E-state index >= 15 is 0 Å². The van der Waals surface area contributed by atoms with Crippen molar-refractivity contribution in [2.24, 2.45) is 0 Å². The molecule has 1 amide bonds. The molecular weight excluding hydrogens is 410 g/mol. The van der Waals surface area contributed by atoms with Gasteiger partial charge in [-0.25, -0.2) is 17.2 Å². The number of carbonyl (C=O) groups is 1. The first-order valence-corrected chi connectivity index (χ1v) is 10.9. The van der Waals surface area contributed by atoms with Gasteiger partial charge in [0.05, 0.1) is 18.5 Å². The molecule has 0 aliphatic rings. The number of benzene rings is 3. The van der Waals surface area contributed by atoms with E-state index in [0.717, 1.165) is 16.1 Å². The Morgan fingerprint density at radius 3 is 2.17 bits per heavy atom. The van der Waals surface area contributed by atoms with Crippen LogP contribution in [0.25, 0.3) is 0 Å². The monoisotopic (exact) mass is 430 g/mol. The molecule has 3 rings (SSSR count). The third-order valence-electron chi connectivity index (χ3n) is 4.46. The van der Waals surface area contributed by atoms with Crippen molar-refractivity contribution >= 4 is 21.6 Å². The number of amides is 1. The fourth-order valence-electron chi connectivity index (χ4n) is 2.85. The summed E-state index contributed by atoms with van der Waals surface area (Å²) in [6, 6.07) is 17.7. The van der Waals surface area contributed by atoms with Crippen LogP contribution in [-0.2, 0) is 23.1 Å². The summed E-state index contributed by atoms with van der Waals surface area (Å²) >= 11 is 0. The molecule has 0 unspecified atom stereocenters. The van der Waals surface area contributed by atoms with Gasteiger partial charge < -0.3 is 5.32 Å². The number of sulfonamides is 1. The van der Waals surface area contributed by atoms with Crippen molar-refractivity contribution in [1.29, 1.82) is 0 Å². The minimum Gasteiger partial charge on any atom is -0.348 e. The molecule has 0 spiro atoms. The van der Waals surface area contributed by atoms with Crippen molar-refractivity contribution in [2.75, 3.05) is 10.6 Å². The van der Waals surface area contributed by atoms with Crippen molar-refractivity contribution in [3.05, 3.63) is 101 Å². The van der Waals surface area contributed by atoms with Crippen LogP contribution >= 0.6 is 0 Å². The molecule has 3 aromatic rings. The zero-order valence-electron chi connectivity index (χ0n) is 16.2. The second-order valence-electron chi connectivity index (χ2n) is 6.72. The molecular formula is C22H20F2N2O3S. The predicted octanol–water partition coefficient (Wildman–Crippen LogP) is 3.86. The van der Waals surface area contributed by atoms with Gasteiger partial charge in [0.1, 0.15) is 11.6 Å². The van der Waals surface area contributed by atoms with Crippen LogP contribution in [0, 0.1) is 11.6 Å². The van der Waals surface area contributed by atoms with Gasteiger partial charge in [-0.05, 0) is 48.0 Å². The lowest BCUT2D eigenvalue weighted by Gasteiger charge is -2.23. The smallest absolute Gasteiger partial charge is 0.251 e. The number of rotatable bonds is 7. The number of carbonyl (C=O) groups excluding carboxylic acids is 1. The lowest BCUT2D eigenvalue weighted by atomic mass is 10.1. The fourth-order valence-corrected chi connectivity index (χ4v) is 3.73. The molecule has 8 heteroatoms. The zero-order chi connectivity index (χ0) is 21.7. The molecule has 5 nitrogen and oxygen atoms in total. The van der Waals surface area contributed by atoms with E-state index in [4.69, 9.17) is 0 Å². The third-order valence-corrected chi connectivity index (χ3v) is 5.60. The van der Waals surface area contributed by atoms with E-state index in [1.54, 1.807) is 18.2 Å². The maximum atomic E-state index is 14.0. The Morgan fingerprint density at radius 2 is 1.57 bits per heavy atom. The van der Waals surface area contributed by atoms with Crippen LogP contribution in [0.2, 0.25) is 0 Å². The molecule has 0 bridgehead atoms. The number of hydrogen-bond acceptors (Lipinski definition) is 3. The van der Waals surface area contributed by atoms with Crippen molar-refractivity contribution in [3.63, 3.8) is 0 Å². The molecule has 0 atom stereocenters. The standard InChI is InChI=1S/C22H20F2N2O3S/c1-30(28,29)26(15-18-4-2-3-5-21(18)24)20-12-8-17(9-13-20)22(27)25-14-16-6-10-19(23)11-7-16/h2-13H,14-15H2,1H3,(H,25,27). The summed E-state index contributed by atoms with van der Waals surface area (Å²) in [4.78, 5) is 12.3. The van der Waals surface area contributed by atoms with Gasteiger partial charge in [0, 0.05) is 17.7 Å². The Balaban J connectivity index is 1.73. The summed E-state index contributed by atoms with van der Waals surface area (Å²) in [7, 11) is -3.68. The number of nitrogens with zero attached hydrogens (tertiary/aromatic N) is 1. The molecule has 0 aromatic heterocycles. The highest BCUT2D eigenvalue weighted by Gasteiger charge is 2.20. The van der Waals surface area contributed by atoms with E-state index in [2.05, 4.69) is 5.32 Å². The normalized spacial score (nSPS) is 11.2. The third kappa shape index (κ3) is 5.42. The lowest BCUT2D eigenvalue weighted by Crippen LogP contribution is -2.30. The minimum absolute atomic E-state index is 0.165. The van der Waals surface area contributed by atoms with Crippen molar-refractivity contribution < 1.29 is 22.0 Å². The molecule has 3 aromatic carbocycles. The number of anilines is 1. The van der Waals surface area contributed by atoms with Crippen LogP contribution in [0.5, 0.6) is 0 Å². The first-order chi connectivity index (χ1) is 14.2. The Bertz CT molecular complexity index is 1130. The Kier molecular flexibility index (Phi) is 6.47. The molecule has 30 heavy (non-hydrogen) atoms. The van der Waals surface area contributed by atoms with Gasteiger partial charge in [-0.1, -0.05) is 30.3 Å². The molecule has 0 saturated heterocycles. The van der Waals surface area contributed by atoms with E-state index < -0.39 is 15.8 Å². The SMILES string of the molecule is CS(=O)(=O)N(Cc1ccccc1F)c1ccc(C(=O)NCc2ccc(F)cc2)cc1. The molecule has 156 valence electrons. The van der Waals surface area contributed by atoms with Crippen LogP contribution in [-0.4, -0.2) is 20.6 Å². The largest absolute Gasteiger partial charge is 0.348 e. The maximum absolute atomic E-state index is 14.0. The summed E-state index contributed by atoms with van der Waals surface area (Å²) in [5, 5.41) is 2.72. The quantitative estimate of drug-likeness (QED) is 0.619. The molecule has 0 saturated carbocycles. The predicted molar refractivity (Wildman–Crippen MR) is 111 cm³/mol. The Hall–Kier alpha value is -3.26.